The molecule has 3 aliphatic carbocycles. The normalized spacial score (nSPS) is 23.5. The minimum Gasteiger partial charge on any atom is -0.495 e. The summed E-state index contributed by atoms with van der Waals surface area (Å²) in [5.74, 6) is 1.17. The second-order valence-corrected chi connectivity index (χ2v) is 11.6. The Morgan fingerprint density at radius 3 is 2.26 bits per heavy atom. The van der Waals surface area contributed by atoms with Crippen LogP contribution in [0, 0.1) is 24.2 Å². The molecule has 8 nitrogen and oxygen atoms in total. The van der Waals surface area contributed by atoms with Gasteiger partial charge in [0.05, 0.1) is 5.56 Å². The van der Waals surface area contributed by atoms with E-state index in [1.165, 1.54) is 0 Å². The van der Waals surface area contributed by atoms with E-state index in [9.17, 15) is 9.59 Å². The number of hydrogen-bond donors (Lipinski definition) is 0. The van der Waals surface area contributed by atoms with Crippen molar-refractivity contribution in [2.45, 2.75) is 39.4 Å². The molecule has 2 aromatic heterocycles. The number of fused-ring (bicyclic) bond motifs is 3. The van der Waals surface area contributed by atoms with Crippen molar-refractivity contribution < 1.29 is 28.3 Å². The maximum Gasteiger partial charge on any atom is 0.265 e. The quantitative estimate of drug-likeness (QED) is 0.300. The van der Waals surface area contributed by atoms with Gasteiger partial charge in [-0.1, -0.05) is 60.7 Å². The maximum absolute atomic E-state index is 14.3. The SMILES string of the molecule is Cc1cc2c(c(OCc3ccccc3)n1)C(=O)C1=C3OC[C@]34C(=O)c3c(OCc5ccccc5)noc3C[C@@H]4CC1C2. The highest BCUT2D eigenvalue weighted by Crippen LogP contribution is 2.61. The molecule has 0 N–H and O–H groups in total. The summed E-state index contributed by atoms with van der Waals surface area (Å²) < 4.78 is 23.8. The van der Waals surface area contributed by atoms with Crippen LogP contribution >= 0.6 is 0 Å². The first-order valence-corrected chi connectivity index (χ1v) is 14.3. The average molecular weight is 561 g/mol. The molecule has 4 aromatic rings. The van der Waals surface area contributed by atoms with Crippen LogP contribution in [0.15, 0.2) is 82.6 Å². The third-order valence-electron chi connectivity index (χ3n) is 9.13. The van der Waals surface area contributed by atoms with Gasteiger partial charge in [0.2, 0.25) is 5.88 Å². The molecule has 0 radical (unpaired) electrons. The second-order valence-electron chi connectivity index (χ2n) is 11.6. The lowest BCUT2D eigenvalue weighted by Crippen LogP contribution is -2.59. The van der Waals surface area contributed by atoms with E-state index in [1.807, 2.05) is 73.7 Å². The summed E-state index contributed by atoms with van der Waals surface area (Å²) in [6.07, 6.45) is 1.88. The molecule has 3 heterocycles. The molecule has 4 aliphatic rings. The van der Waals surface area contributed by atoms with Gasteiger partial charge < -0.3 is 18.7 Å². The fraction of sp³-hybridized carbons (Fsp3) is 0.294. The van der Waals surface area contributed by atoms with Crippen LogP contribution < -0.4 is 9.47 Å². The molecule has 42 heavy (non-hydrogen) atoms. The third kappa shape index (κ3) is 3.67. The molecule has 3 atom stereocenters. The van der Waals surface area contributed by atoms with Crippen LogP contribution in [0.25, 0.3) is 0 Å². The molecule has 1 fully saturated rings. The number of aryl methyl sites for hydroxylation is 1. The Balaban J connectivity index is 1.14. The Labute approximate surface area is 242 Å². The lowest BCUT2D eigenvalue weighted by atomic mass is 9.53. The molecule has 1 spiro atoms. The summed E-state index contributed by atoms with van der Waals surface area (Å²) in [6, 6.07) is 21.5. The maximum atomic E-state index is 14.3. The Morgan fingerprint density at radius 2 is 1.60 bits per heavy atom. The molecule has 0 bridgehead atoms. The van der Waals surface area contributed by atoms with E-state index in [1.54, 1.807) is 0 Å². The number of carbonyl (C=O) groups is 2. The molecule has 8 rings (SSSR count). The molecule has 1 aliphatic heterocycles. The third-order valence-corrected chi connectivity index (χ3v) is 9.13. The highest BCUT2D eigenvalue weighted by Gasteiger charge is 2.66. The van der Waals surface area contributed by atoms with Crippen molar-refractivity contribution in [2.75, 3.05) is 6.61 Å². The van der Waals surface area contributed by atoms with Gasteiger partial charge in [0.15, 0.2) is 17.3 Å². The summed E-state index contributed by atoms with van der Waals surface area (Å²) >= 11 is 0. The van der Waals surface area contributed by atoms with E-state index in [0.717, 1.165) is 22.4 Å². The summed E-state index contributed by atoms with van der Waals surface area (Å²) in [4.78, 5) is 33.2. The van der Waals surface area contributed by atoms with Gasteiger partial charge in [0, 0.05) is 17.7 Å². The number of benzene rings is 2. The van der Waals surface area contributed by atoms with Gasteiger partial charge in [-0.3, -0.25) is 9.59 Å². The van der Waals surface area contributed by atoms with Gasteiger partial charge in [0.25, 0.3) is 5.88 Å². The summed E-state index contributed by atoms with van der Waals surface area (Å²) in [6.45, 7) is 2.71. The number of carbonyl (C=O) groups excluding carboxylic acids is 2. The number of hydrogen-bond acceptors (Lipinski definition) is 8. The van der Waals surface area contributed by atoms with Crippen LogP contribution in [0.2, 0.25) is 0 Å². The highest BCUT2D eigenvalue weighted by molar-refractivity contribution is 6.15. The number of allylic oxidation sites excluding steroid dienone is 1. The van der Waals surface area contributed by atoms with Crippen LogP contribution in [-0.4, -0.2) is 28.3 Å². The van der Waals surface area contributed by atoms with Crippen molar-refractivity contribution in [3.8, 4) is 11.8 Å². The van der Waals surface area contributed by atoms with Gasteiger partial charge in [-0.15, -0.1) is 0 Å². The summed E-state index contributed by atoms with van der Waals surface area (Å²) in [7, 11) is 0. The number of aromatic nitrogens is 2. The number of ketones is 2. The topological polar surface area (TPSA) is 101 Å². The second kappa shape index (κ2) is 9.41. The fourth-order valence-electron chi connectivity index (χ4n) is 7.14. The van der Waals surface area contributed by atoms with Crippen molar-refractivity contribution in [2.24, 2.45) is 17.3 Å². The van der Waals surface area contributed by atoms with Crippen molar-refractivity contribution in [3.63, 3.8) is 0 Å². The standard InChI is InChI=1S/C34H28N2O6/c1-19-12-22-13-23-14-24-15-25-28(33(36-42-25)40-17-21-10-6-3-7-11-21)30(38)34(24)18-41-31(34)26(23)29(37)27(22)32(35-19)39-16-20-8-4-2-5-9-20/h2-12,23-24H,13-18H2,1H3/t23?,24-,34-/m0/s1. The van der Waals surface area contributed by atoms with Crippen molar-refractivity contribution in [1.82, 2.24) is 10.1 Å². The zero-order valence-corrected chi connectivity index (χ0v) is 23.1. The molecule has 2 aromatic carbocycles. The van der Waals surface area contributed by atoms with Gasteiger partial charge in [-0.2, -0.15) is 0 Å². The first-order valence-electron chi connectivity index (χ1n) is 14.3. The Hall–Kier alpha value is -4.72. The largest absolute Gasteiger partial charge is 0.495 e. The predicted molar refractivity (Wildman–Crippen MR) is 150 cm³/mol. The molecule has 1 unspecified atom stereocenters. The molecule has 0 saturated carbocycles. The monoisotopic (exact) mass is 560 g/mol. The van der Waals surface area contributed by atoms with Gasteiger partial charge in [0.1, 0.15) is 36.6 Å². The summed E-state index contributed by atoms with van der Waals surface area (Å²) in [5, 5.41) is 4.14. The Morgan fingerprint density at radius 1 is 0.905 bits per heavy atom. The van der Waals surface area contributed by atoms with Crippen molar-refractivity contribution >= 4 is 11.6 Å². The smallest absolute Gasteiger partial charge is 0.265 e. The number of rotatable bonds is 6. The van der Waals surface area contributed by atoms with E-state index in [0.29, 0.717) is 60.0 Å². The highest BCUT2D eigenvalue weighted by atomic mass is 16.5. The van der Waals surface area contributed by atoms with Crippen LogP contribution in [-0.2, 0) is 30.8 Å². The van der Waals surface area contributed by atoms with E-state index in [2.05, 4.69) is 10.1 Å². The molecule has 8 heteroatoms. The summed E-state index contributed by atoms with van der Waals surface area (Å²) in [5.41, 5.74) is 4.19. The molecular weight excluding hydrogens is 532 g/mol. The fourth-order valence-corrected chi connectivity index (χ4v) is 7.14. The molecule has 1 saturated heterocycles. The predicted octanol–water partition coefficient (Wildman–Crippen LogP) is 5.62. The van der Waals surface area contributed by atoms with Gasteiger partial charge in [-0.25, -0.2) is 4.98 Å². The van der Waals surface area contributed by atoms with Crippen LogP contribution in [0.3, 0.4) is 0 Å². The van der Waals surface area contributed by atoms with Crippen molar-refractivity contribution in [3.05, 3.63) is 117 Å². The first-order chi connectivity index (χ1) is 20.5. The minimum absolute atomic E-state index is 0.0454. The first kappa shape index (κ1) is 25.0. The molecular formula is C34H28N2O6. The van der Waals surface area contributed by atoms with E-state index < -0.39 is 5.41 Å². The Kier molecular flexibility index (Phi) is 5.61. The zero-order chi connectivity index (χ0) is 28.4. The number of Topliss-reactive ketones (excluding diaryl/α,β-unsaturated/α-hetero) is 2. The van der Waals surface area contributed by atoms with Crippen LogP contribution in [0.5, 0.6) is 11.8 Å². The van der Waals surface area contributed by atoms with Crippen LogP contribution in [0.1, 0.15) is 55.3 Å². The molecule has 0 amide bonds. The number of ether oxygens (including phenoxy) is 3. The Bertz CT molecular complexity index is 1780. The van der Waals surface area contributed by atoms with Gasteiger partial charge in [-0.05, 0) is 59.5 Å². The zero-order valence-electron chi connectivity index (χ0n) is 23.1. The van der Waals surface area contributed by atoms with E-state index in [-0.39, 0.29) is 42.5 Å². The van der Waals surface area contributed by atoms with Gasteiger partial charge >= 0.3 is 0 Å². The number of pyridine rings is 1. The van der Waals surface area contributed by atoms with Crippen LogP contribution in [0.4, 0.5) is 0 Å². The molecule has 210 valence electrons. The van der Waals surface area contributed by atoms with E-state index >= 15 is 0 Å². The lowest BCUT2D eigenvalue weighted by molar-refractivity contribution is -0.0738. The van der Waals surface area contributed by atoms with Crippen molar-refractivity contribution in [1.29, 1.82) is 0 Å². The minimum atomic E-state index is -0.911. The van der Waals surface area contributed by atoms with E-state index in [4.69, 9.17) is 18.7 Å². The average Bonchev–Trinajstić information content (AvgIpc) is 3.39. The number of nitrogens with zero attached hydrogens (tertiary/aromatic N) is 2. The lowest BCUT2D eigenvalue weighted by Gasteiger charge is -2.55.